The molecular weight excluding hydrogens is 136 g/mol. The zero-order valence-electron chi connectivity index (χ0n) is 7.30. The molecule has 1 heterocycles. The molecule has 0 aliphatic carbocycles. The monoisotopic (exact) mass is 152 g/mol. The van der Waals surface area contributed by atoms with Gasteiger partial charge in [0, 0.05) is 12.1 Å². The summed E-state index contributed by atoms with van der Waals surface area (Å²) in [5.41, 5.74) is 7.12. The lowest BCUT2D eigenvalue weighted by atomic mass is 9.94. The maximum atomic E-state index is 5.71. The van der Waals surface area contributed by atoms with Gasteiger partial charge in [0.15, 0.2) is 0 Å². The summed E-state index contributed by atoms with van der Waals surface area (Å²) in [6.07, 6.45) is 5.35. The molecule has 0 aromatic carbocycles. The molecule has 0 saturated carbocycles. The summed E-state index contributed by atoms with van der Waals surface area (Å²) in [5, 5.41) is 0. The zero-order valence-corrected chi connectivity index (χ0v) is 7.30. The van der Waals surface area contributed by atoms with Crippen molar-refractivity contribution in [1.29, 1.82) is 0 Å². The second kappa shape index (κ2) is 3.56. The quantitative estimate of drug-likeness (QED) is 0.660. The average Bonchev–Trinajstić information content (AvgIpc) is 2.33. The molecule has 2 N–H and O–H groups in total. The van der Waals surface area contributed by atoms with Crippen LogP contribution in [-0.2, 0) is 0 Å². The van der Waals surface area contributed by atoms with Crippen molar-refractivity contribution in [3.8, 4) is 0 Å². The maximum absolute atomic E-state index is 5.71. The predicted molar refractivity (Wildman–Crippen MR) is 48.4 cm³/mol. The van der Waals surface area contributed by atoms with E-state index in [2.05, 4.69) is 18.8 Å². The van der Waals surface area contributed by atoms with Crippen LogP contribution in [0.4, 0.5) is 0 Å². The Morgan fingerprint density at radius 1 is 1.55 bits per heavy atom. The van der Waals surface area contributed by atoms with Gasteiger partial charge < -0.3 is 5.73 Å². The number of nitrogens with zero attached hydrogens (tertiary/aromatic N) is 1. The van der Waals surface area contributed by atoms with E-state index in [0.29, 0.717) is 5.92 Å². The van der Waals surface area contributed by atoms with Gasteiger partial charge in [-0.15, -0.1) is 0 Å². The van der Waals surface area contributed by atoms with Gasteiger partial charge in [0.25, 0.3) is 0 Å². The molecule has 0 saturated heterocycles. The summed E-state index contributed by atoms with van der Waals surface area (Å²) < 4.78 is 0. The molecule has 1 unspecified atom stereocenters. The van der Waals surface area contributed by atoms with Crippen LogP contribution >= 0.6 is 0 Å². The minimum absolute atomic E-state index is 0.440. The van der Waals surface area contributed by atoms with Crippen LogP contribution in [0.25, 0.3) is 0 Å². The Morgan fingerprint density at radius 2 is 2.27 bits per heavy atom. The molecule has 0 aromatic heterocycles. The summed E-state index contributed by atoms with van der Waals surface area (Å²) in [5.74, 6) is 1.24. The van der Waals surface area contributed by atoms with Crippen molar-refractivity contribution < 1.29 is 0 Å². The van der Waals surface area contributed by atoms with E-state index >= 15 is 0 Å². The highest BCUT2D eigenvalue weighted by atomic mass is 14.9. The summed E-state index contributed by atoms with van der Waals surface area (Å²) in [4.78, 5) is 4.12. The fraction of sp³-hybridized carbons (Fsp3) is 0.667. The normalized spacial score (nSPS) is 23.3. The SMILES string of the molecule is CCCC1=CN=C(N)C1CC. The second-order valence-electron chi connectivity index (χ2n) is 2.97. The second-order valence-corrected chi connectivity index (χ2v) is 2.97. The van der Waals surface area contributed by atoms with Crippen molar-refractivity contribution in [2.45, 2.75) is 33.1 Å². The van der Waals surface area contributed by atoms with Gasteiger partial charge in [0.2, 0.25) is 0 Å². The molecule has 0 fully saturated rings. The molecule has 0 aromatic rings. The van der Waals surface area contributed by atoms with E-state index in [1.807, 2.05) is 6.20 Å². The Balaban J connectivity index is 2.58. The largest absolute Gasteiger partial charge is 0.387 e. The number of hydrogen-bond donors (Lipinski definition) is 1. The number of aliphatic imine (C=N–C) groups is 1. The number of amidine groups is 1. The molecule has 62 valence electrons. The Hall–Kier alpha value is -0.790. The highest BCUT2D eigenvalue weighted by Gasteiger charge is 2.19. The van der Waals surface area contributed by atoms with Crippen LogP contribution in [-0.4, -0.2) is 5.84 Å². The fourth-order valence-electron chi connectivity index (χ4n) is 1.53. The molecule has 0 bridgehead atoms. The zero-order chi connectivity index (χ0) is 8.27. The van der Waals surface area contributed by atoms with Gasteiger partial charge in [-0.25, -0.2) is 4.99 Å². The molecule has 0 spiro atoms. The van der Waals surface area contributed by atoms with Crippen LogP contribution in [0.1, 0.15) is 33.1 Å². The molecular formula is C9H16N2. The predicted octanol–water partition coefficient (Wildman–Crippen LogP) is 2.07. The lowest BCUT2D eigenvalue weighted by molar-refractivity contribution is 0.716. The van der Waals surface area contributed by atoms with Gasteiger partial charge in [-0.05, 0) is 18.4 Å². The lowest BCUT2D eigenvalue weighted by Crippen LogP contribution is -2.21. The first-order valence-corrected chi connectivity index (χ1v) is 4.31. The molecule has 1 aliphatic rings. The minimum atomic E-state index is 0.440. The summed E-state index contributed by atoms with van der Waals surface area (Å²) in [6, 6.07) is 0. The first-order chi connectivity index (χ1) is 5.29. The average molecular weight is 152 g/mol. The van der Waals surface area contributed by atoms with Crippen molar-refractivity contribution in [3.63, 3.8) is 0 Å². The number of hydrogen-bond acceptors (Lipinski definition) is 2. The standard InChI is InChI=1S/C9H16N2/c1-3-5-7-6-11-9(10)8(7)4-2/h6,8H,3-5H2,1-2H3,(H2,10,11). The van der Waals surface area contributed by atoms with Crippen molar-refractivity contribution in [2.24, 2.45) is 16.6 Å². The minimum Gasteiger partial charge on any atom is -0.387 e. The van der Waals surface area contributed by atoms with Crippen molar-refractivity contribution >= 4 is 5.84 Å². The third-order valence-electron chi connectivity index (χ3n) is 2.13. The molecule has 0 amide bonds. The van der Waals surface area contributed by atoms with Gasteiger partial charge in [-0.2, -0.15) is 0 Å². The van der Waals surface area contributed by atoms with E-state index < -0.39 is 0 Å². The lowest BCUT2D eigenvalue weighted by Gasteiger charge is -2.11. The molecule has 2 heteroatoms. The highest BCUT2D eigenvalue weighted by molar-refractivity contribution is 5.88. The van der Waals surface area contributed by atoms with Crippen LogP contribution < -0.4 is 5.73 Å². The van der Waals surface area contributed by atoms with Crippen LogP contribution in [0.15, 0.2) is 16.8 Å². The molecule has 1 atom stereocenters. The van der Waals surface area contributed by atoms with Crippen molar-refractivity contribution in [1.82, 2.24) is 0 Å². The van der Waals surface area contributed by atoms with Gasteiger partial charge in [-0.3, -0.25) is 0 Å². The van der Waals surface area contributed by atoms with Crippen LogP contribution in [0.2, 0.25) is 0 Å². The first kappa shape index (κ1) is 8.31. The van der Waals surface area contributed by atoms with Gasteiger partial charge in [-0.1, -0.05) is 20.3 Å². The third-order valence-corrected chi connectivity index (χ3v) is 2.13. The topological polar surface area (TPSA) is 38.4 Å². The number of nitrogens with two attached hydrogens (primary N) is 1. The Labute approximate surface area is 68.2 Å². The van der Waals surface area contributed by atoms with E-state index in [4.69, 9.17) is 5.73 Å². The van der Waals surface area contributed by atoms with Crippen LogP contribution in [0.5, 0.6) is 0 Å². The molecule has 0 radical (unpaired) electrons. The van der Waals surface area contributed by atoms with E-state index in [1.54, 1.807) is 0 Å². The maximum Gasteiger partial charge on any atom is 0.106 e. The molecule has 2 nitrogen and oxygen atoms in total. The molecule has 11 heavy (non-hydrogen) atoms. The summed E-state index contributed by atoms with van der Waals surface area (Å²) >= 11 is 0. The van der Waals surface area contributed by atoms with E-state index in [9.17, 15) is 0 Å². The van der Waals surface area contributed by atoms with Gasteiger partial charge in [0.1, 0.15) is 5.84 Å². The van der Waals surface area contributed by atoms with E-state index in [-0.39, 0.29) is 0 Å². The highest BCUT2D eigenvalue weighted by Crippen LogP contribution is 2.24. The number of rotatable bonds is 3. The third kappa shape index (κ3) is 1.62. The van der Waals surface area contributed by atoms with Crippen LogP contribution in [0.3, 0.4) is 0 Å². The van der Waals surface area contributed by atoms with Crippen molar-refractivity contribution in [2.75, 3.05) is 0 Å². The van der Waals surface area contributed by atoms with E-state index in [1.165, 1.54) is 12.0 Å². The van der Waals surface area contributed by atoms with Gasteiger partial charge >= 0.3 is 0 Å². The molecule has 1 rings (SSSR count). The van der Waals surface area contributed by atoms with Gasteiger partial charge in [0.05, 0.1) is 0 Å². The summed E-state index contributed by atoms with van der Waals surface area (Å²) in [7, 11) is 0. The molecule has 1 aliphatic heterocycles. The smallest absolute Gasteiger partial charge is 0.106 e. The van der Waals surface area contributed by atoms with E-state index in [0.717, 1.165) is 18.7 Å². The Kier molecular flexibility index (Phi) is 2.69. The fourth-order valence-corrected chi connectivity index (χ4v) is 1.53. The summed E-state index contributed by atoms with van der Waals surface area (Å²) in [6.45, 7) is 4.34. The van der Waals surface area contributed by atoms with Crippen LogP contribution in [0, 0.1) is 5.92 Å². The Morgan fingerprint density at radius 3 is 2.82 bits per heavy atom. The first-order valence-electron chi connectivity index (χ1n) is 4.31. The Bertz CT molecular complexity index is 192. The van der Waals surface area contributed by atoms with Crippen molar-refractivity contribution in [3.05, 3.63) is 11.8 Å².